The standard InChI is InChI=1S/C21H24FN3O3/c1-15-11-24-19(12-23-15)21(27)28-14-20(26)25(18-5-3-2-4-6-18)13-16-7-9-17(22)10-8-16/h7-12,18H,2-6,13-14H2,1H3. The fourth-order valence-electron chi connectivity index (χ4n) is 3.38. The minimum absolute atomic E-state index is 0.0705. The van der Waals surface area contributed by atoms with E-state index in [0.717, 1.165) is 37.7 Å². The van der Waals surface area contributed by atoms with Gasteiger partial charge in [0.1, 0.15) is 5.82 Å². The SMILES string of the molecule is Cc1cnc(C(=O)OCC(=O)N(Cc2ccc(F)cc2)C2CCCCC2)cn1. The summed E-state index contributed by atoms with van der Waals surface area (Å²) >= 11 is 0. The number of aromatic nitrogens is 2. The van der Waals surface area contributed by atoms with E-state index < -0.39 is 5.97 Å². The molecule has 6 nitrogen and oxygen atoms in total. The predicted molar refractivity (Wildman–Crippen MR) is 101 cm³/mol. The van der Waals surface area contributed by atoms with Gasteiger partial charge in [-0.15, -0.1) is 0 Å². The lowest BCUT2D eigenvalue weighted by atomic mass is 9.93. The number of amides is 1. The van der Waals surface area contributed by atoms with Gasteiger partial charge in [0.25, 0.3) is 5.91 Å². The number of carbonyl (C=O) groups is 2. The molecule has 1 aromatic heterocycles. The molecule has 148 valence electrons. The molecule has 1 amide bonds. The fraction of sp³-hybridized carbons (Fsp3) is 0.429. The van der Waals surface area contributed by atoms with Gasteiger partial charge in [-0.25, -0.2) is 14.2 Å². The maximum absolute atomic E-state index is 13.2. The van der Waals surface area contributed by atoms with Gasteiger partial charge in [-0.05, 0) is 37.5 Å². The number of esters is 1. The van der Waals surface area contributed by atoms with E-state index in [1.165, 1.54) is 24.5 Å². The number of benzene rings is 1. The molecule has 0 radical (unpaired) electrons. The largest absolute Gasteiger partial charge is 0.451 e. The molecule has 0 saturated heterocycles. The molecule has 1 fully saturated rings. The van der Waals surface area contributed by atoms with Gasteiger partial charge in [0.15, 0.2) is 12.3 Å². The van der Waals surface area contributed by atoms with E-state index >= 15 is 0 Å². The van der Waals surface area contributed by atoms with Gasteiger partial charge in [0.2, 0.25) is 0 Å². The molecule has 28 heavy (non-hydrogen) atoms. The summed E-state index contributed by atoms with van der Waals surface area (Å²) in [6.45, 7) is 1.78. The Morgan fingerprint density at radius 3 is 2.46 bits per heavy atom. The number of ether oxygens (including phenoxy) is 1. The third kappa shape index (κ3) is 5.34. The highest BCUT2D eigenvalue weighted by molar-refractivity contribution is 5.89. The molecule has 1 heterocycles. The van der Waals surface area contributed by atoms with E-state index in [2.05, 4.69) is 9.97 Å². The molecule has 0 atom stereocenters. The average Bonchev–Trinajstić information content (AvgIpc) is 2.72. The van der Waals surface area contributed by atoms with Gasteiger partial charge in [-0.1, -0.05) is 31.4 Å². The quantitative estimate of drug-likeness (QED) is 0.712. The highest BCUT2D eigenvalue weighted by atomic mass is 19.1. The minimum atomic E-state index is -0.675. The normalized spacial score (nSPS) is 14.5. The molecule has 1 aromatic carbocycles. The number of hydrogen-bond acceptors (Lipinski definition) is 5. The van der Waals surface area contributed by atoms with Crippen LogP contribution in [-0.4, -0.2) is 39.4 Å². The molecule has 0 unspecified atom stereocenters. The van der Waals surface area contributed by atoms with Crippen molar-refractivity contribution in [1.29, 1.82) is 0 Å². The summed E-state index contributed by atoms with van der Waals surface area (Å²) in [6.07, 6.45) is 7.94. The number of nitrogens with zero attached hydrogens (tertiary/aromatic N) is 3. The van der Waals surface area contributed by atoms with Crippen molar-refractivity contribution in [3.05, 3.63) is 59.4 Å². The lowest BCUT2D eigenvalue weighted by Gasteiger charge is -2.34. The van der Waals surface area contributed by atoms with Gasteiger partial charge >= 0.3 is 5.97 Å². The highest BCUT2D eigenvalue weighted by Gasteiger charge is 2.26. The van der Waals surface area contributed by atoms with Crippen LogP contribution >= 0.6 is 0 Å². The molecule has 1 saturated carbocycles. The van der Waals surface area contributed by atoms with Crippen molar-refractivity contribution in [1.82, 2.24) is 14.9 Å². The van der Waals surface area contributed by atoms with Crippen LogP contribution in [0.1, 0.15) is 53.8 Å². The highest BCUT2D eigenvalue weighted by Crippen LogP contribution is 2.24. The minimum Gasteiger partial charge on any atom is -0.451 e. The zero-order valence-electron chi connectivity index (χ0n) is 15.9. The Labute approximate surface area is 163 Å². The third-order valence-corrected chi connectivity index (χ3v) is 4.92. The Balaban J connectivity index is 1.65. The Hall–Kier alpha value is -2.83. The second-order valence-corrected chi connectivity index (χ2v) is 7.06. The smallest absolute Gasteiger partial charge is 0.359 e. The first-order valence-electron chi connectivity index (χ1n) is 9.52. The van der Waals surface area contributed by atoms with Gasteiger partial charge < -0.3 is 9.64 Å². The number of hydrogen-bond donors (Lipinski definition) is 0. The number of halogens is 1. The van der Waals surface area contributed by atoms with Crippen LogP contribution in [0, 0.1) is 12.7 Å². The summed E-state index contributed by atoms with van der Waals surface area (Å²) in [4.78, 5) is 34.7. The van der Waals surface area contributed by atoms with Crippen LogP contribution in [0.5, 0.6) is 0 Å². The maximum atomic E-state index is 13.2. The van der Waals surface area contributed by atoms with E-state index in [1.54, 1.807) is 24.0 Å². The molecular formula is C21H24FN3O3. The van der Waals surface area contributed by atoms with Crippen molar-refractivity contribution in [2.45, 2.75) is 51.6 Å². The Morgan fingerprint density at radius 2 is 1.82 bits per heavy atom. The third-order valence-electron chi connectivity index (χ3n) is 4.92. The first-order valence-corrected chi connectivity index (χ1v) is 9.52. The van der Waals surface area contributed by atoms with Crippen LogP contribution in [-0.2, 0) is 16.1 Å². The van der Waals surface area contributed by atoms with Crippen molar-refractivity contribution in [2.75, 3.05) is 6.61 Å². The Bertz CT molecular complexity index is 803. The van der Waals surface area contributed by atoms with Crippen molar-refractivity contribution in [2.24, 2.45) is 0 Å². The Kier molecular flexibility index (Phi) is 6.68. The lowest BCUT2D eigenvalue weighted by Crippen LogP contribution is -2.43. The van der Waals surface area contributed by atoms with Gasteiger partial charge in [-0.2, -0.15) is 0 Å². The van der Waals surface area contributed by atoms with Gasteiger partial charge in [0.05, 0.1) is 11.9 Å². The second kappa shape index (κ2) is 9.39. The monoisotopic (exact) mass is 385 g/mol. The van der Waals surface area contributed by atoms with Gasteiger partial charge in [-0.3, -0.25) is 9.78 Å². The molecular weight excluding hydrogens is 361 g/mol. The van der Waals surface area contributed by atoms with E-state index in [0.29, 0.717) is 12.2 Å². The average molecular weight is 385 g/mol. The number of aryl methyl sites for hydroxylation is 1. The second-order valence-electron chi connectivity index (χ2n) is 7.06. The summed E-state index contributed by atoms with van der Waals surface area (Å²) < 4.78 is 18.3. The van der Waals surface area contributed by atoms with Crippen LogP contribution in [0.2, 0.25) is 0 Å². The molecule has 0 aliphatic heterocycles. The van der Waals surface area contributed by atoms with Crippen LogP contribution < -0.4 is 0 Å². The maximum Gasteiger partial charge on any atom is 0.359 e. The topological polar surface area (TPSA) is 72.4 Å². The summed E-state index contributed by atoms with van der Waals surface area (Å²) in [5.41, 5.74) is 1.60. The summed E-state index contributed by atoms with van der Waals surface area (Å²) in [5, 5.41) is 0. The predicted octanol–water partition coefficient (Wildman–Crippen LogP) is 3.44. The number of rotatable bonds is 6. The molecule has 0 spiro atoms. The summed E-state index contributed by atoms with van der Waals surface area (Å²) in [7, 11) is 0. The summed E-state index contributed by atoms with van der Waals surface area (Å²) in [5.74, 6) is -1.25. The lowest BCUT2D eigenvalue weighted by molar-refractivity contribution is -0.138. The molecule has 0 N–H and O–H groups in total. The molecule has 7 heteroatoms. The number of carbonyl (C=O) groups excluding carboxylic acids is 2. The molecule has 1 aliphatic rings. The van der Waals surface area contributed by atoms with Crippen LogP contribution in [0.3, 0.4) is 0 Å². The first kappa shape index (κ1) is 19.9. The van der Waals surface area contributed by atoms with Crippen LogP contribution in [0.25, 0.3) is 0 Å². The Morgan fingerprint density at radius 1 is 1.11 bits per heavy atom. The molecule has 1 aliphatic carbocycles. The fourth-order valence-corrected chi connectivity index (χ4v) is 3.38. The van der Waals surface area contributed by atoms with Crippen LogP contribution in [0.4, 0.5) is 4.39 Å². The molecule has 2 aromatic rings. The van der Waals surface area contributed by atoms with Crippen molar-refractivity contribution in [3.8, 4) is 0 Å². The summed E-state index contributed by atoms with van der Waals surface area (Å²) in [6, 6.07) is 6.21. The zero-order chi connectivity index (χ0) is 19.9. The van der Waals surface area contributed by atoms with Crippen LogP contribution in [0.15, 0.2) is 36.7 Å². The van der Waals surface area contributed by atoms with Gasteiger partial charge in [0, 0.05) is 18.8 Å². The molecule has 3 rings (SSSR count). The van der Waals surface area contributed by atoms with E-state index in [4.69, 9.17) is 4.74 Å². The van der Waals surface area contributed by atoms with E-state index in [-0.39, 0.29) is 30.1 Å². The van der Waals surface area contributed by atoms with E-state index in [1.807, 2.05) is 0 Å². The van der Waals surface area contributed by atoms with Crippen molar-refractivity contribution >= 4 is 11.9 Å². The first-order chi connectivity index (χ1) is 13.5. The molecule has 0 bridgehead atoms. The zero-order valence-corrected chi connectivity index (χ0v) is 15.9. The van der Waals surface area contributed by atoms with E-state index in [9.17, 15) is 14.0 Å². The van der Waals surface area contributed by atoms with Crippen molar-refractivity contribution in [3.63, 3.8) is 0 Å². The van der Waals surface area contributed by atoms with Crippen molar-refractivity contribution < 1.29 is 18.7 Å².